The minimum atomic E-state index is -0.478. The molecule has 0 unspecified atom stereocenters. The molecule has 29 heavy (non-hydrogen) atoms. The number of thioether (sulfide) groups is 1. The molecule has 0 saturated heterocycles. The maximum absolute atomic E-state index is 12.2. The van der Waals surface area contributed by atoms with E-state index in [0.717, 1.165) is 40.5 Å². The lowest BCUT2D eigenvalue weighted by Crippen LogP contribution is -2.42. The zero-order chi connectivity index (χ0) is 20.6. The topological polar surface area (TPSA) is 55.4 Å². The van der Waals surface area contributed by atoms with Crippen LogP contribution in [0.4, 0.5) is 0 Å². The van der Waals surface area contributed by atoms with Crippen molar-refractivity contribution in [1.82, 2.24) is 5.32 Å². The molecule has 2 aromatic rings. The Labute approximate surface area is 181 Å². The summed E-state index contributed by atoms with van der Waals surface area (Å²) in [6.45, 7) is 1.92. The number of halogens is 1. The summed E-state index contributed by atoms with van der Waals surface area (Å²) < 4.78 is 5.18. The van der Waals surface area contributed by atoms with Crippen LogP contribution in [0.3, 0.4) is 0 Å². The number of rotatable bonds is 7. The molecule has 1 fully saturated rings. The summed E-state index contributed by atoms with van der Waals surface area (Å²) in [6, 6.07) is 15.2. The van der Waals surface area contributed by atoms with Gasteiger partial charge in [0.25, 0.3) is 5.91 Å². The number of ether oxygens (including phenoxy) is 1. The predicted molar refractivity (Wildman–Crippen MR) is 117 cm³/mol. The number of amides is 1. The Morgan fingerprint density at radius 1 is 1.07 bits per heavy atom. The molecular formula is C23H26ClNO3S. The van der Waals surface area contributed by atoms with Crippen molar-refractivity contribution in [3.63, 3.8) is 0 Å². The molecule has 1 amide bonds. The van der Waals surface area contributed by atoms with Gasteiger partial charge in [-0.15, -0.1) is 11.8 Å². The number of esters is 1. The molecule has 0 bridgehead atoms. The van der Waals surface area contributed by atoms with Gasteiger partial charge in [0.2, 0.25) is 0 Å². The van der Waals surface area contributed by atoms with Gasteiger partial charge in [-0.25, -0.2) is 4.79 Å². The van der Waals surface area contributed by atoms with Crippen LogP contribution in [0.1, 0.15) is 48.5 Å². The number of nitrogens with one attached hydrogen (secondary N) is 1. The molecule has 0 aromatic heterocycles. The summed E-state index contributed by atoms with van der Waals surface area (Å²) in [5.41, 5.74) is 1.55. The highest BCUT2D eigenvalue weighted by Gasteiger charge is 2.23. The van der Waals surface area contributed by atoms with Crippen LogP contribution in [-0.2, 0) is 15.3 Å². The van der Waals surface area contributed by atoms with Gasteiger partial charge in [-0.3, -0.25) is 4.79 Å². The van der Waals surface area contributed by atoms with Crippen molar-refractivity contribution in [1.29, 1.82) is 0 Å². The SMILES string of the molecule is C[C@@H]1CCCC[C@H]1NC(=O)COC(=O)c1ccc(CSc2ccc(Cl)cc2)cc1. The van der Waals surface area contributed by atoms with Crippen LogP contribution in [0.5, 0.6) is 0 Å². The lowest BCUT2D eigenvalue weighted by atomic mass is 9.86. The van der Waals surface area contributed by atoms with Crippen molar-refractivity contribution in [3.05, 3.63) is 64.7 Å². The van der Waals surface area contributed by atoms with E-state index in [9.17, 15) is 9.59 Å². The fraction of sp³-hybridized carbons (Fsp3) is 0.391. The molecule has 3 rings (SSSR count). The van der Waals surface area contributed by atoms with E-state index in [1.165, 1.54) is 6.42 Å². The first-order valence-electron chi connectivity index (χ1n) is 9.95. The third-order valence-electron chi connectivity index (χ3n) is 5.20. The number of hydrogen-bond acceptors (Lipinski definition) is 4. The van der Waals surface area contributed by atoms with Crippen LogP contribution in [0.25, 0.3) is 0 Å². The Hall–Kier alpha value is -1.98. The zero-order valence-electron chi connectivity index (χ0n) is 16.5. The minimum Gasteiger partial charge on any atom is -0.452 e. The monoisotopic (exact) mass is 431 g/mol. The van der Waals surface area contributed by atoms with Crippen LogP contribution in [-0.4, -0.2) is 24.5 Å². The lowest BCUT2D eigenvalue weighted by Gasteiger charge is -2.29. The Kier molecular flexibility index (Phi) is 8.01. The van der Waals surface area contributed by atoms with Gasteiger partial charge in [0.05, 0.1) is 5.56 Å². The van der Waals surface area contributed by atoms with Crippen molar-refractivity contribution < 1.29 is 14.3 Å². The summed E-state index contributed by atoms with van der Waals surface area (Å²) in [6.07, 6.45) is 4.48. The second-order valence-electron chi connectivity index (χ2n) is 7.45. The van der Waals surface area contributed by atoms with E-state index < -0.39 is 5.97 Å². The van der Waals surface area contributed by atoms with Gasteiger partial charge in [-0.05, 0) is 60.7 Å². The molecule has 154 valence electrons. The van der Waals surface area contributed by atoms with E-state index in [2.05, 4.69) is 12.2 Å². The third kappa shape index (κ3) is 6.79. The van der Waals surface area contributed by atoms with Gasteiger partial charge in [0.1, 0.15) is 0 Å². The fourth-order valence-corrected chi connectivity index (χ4v) is 4.41. The van der Waals surface area contributed by atoms with Crippen molar-refractivity contribution in [2.75, 3.05) is 6.61 Å². The molecular weight excluding hydrogens is 406 g/mol. The fourth-order valence-electron chi connectivity index (χ4n) is 3.43. The number of benzene rings is 2. The molecule has 2 atom stereocenters. The molecule has 1 aliphatic rings. The number of hydrogen-bond donors (Lipinski definition) is 1. The molecule has 4 nitrogen and oxygen atoms in total. The molecule has 1 aliphatic carbocycles. The Bertz CT molecular complexity index is 823. The Morgan fingerprint density at radius 3 is 2.45 bits per heavy atom. The average molecular weight is 432 g/mol. The summed E-state index contributed by atoms with van der Waals surface area (Å²) in [7, 11) is 0. The molecule has 0 heterocycles. The number of carbonyl (C=O) groups is 2. The second-order valence-corrected chi connectivity index (χ2v) is 8.94. The van der Waals surface area contributed by atoms with Crippen LogP contribution >= 0.6 is 23.4 Å². The summed E-state index contributed by atoms with van der Waals surface area (Å²) in [5, 5.41) is 3.71. The van der Waals surface area contributed by atoms with Gasteiger partial charge < -0.3 is 10.1 Å². The zero-order valence-corrected chi connectivity index (χ0v) is 18.1. The van der Waals surface area contributed by atoms with E-state index in [0.29, 0.717) is 11.5 Å². The molecule has 1 N–H and O–H groups in total. The highest BCUT2D eigenvalue weighted by molar-refractivity contribution is 7.98. The first-order valence-corrected chi connectivity index (χ1v) is 11.3. The van der Waals surface area contributed by atoms with Crippen LogP contribution < -0.4 is 5.32 Å². The quantitative estimate of drug-likeness (QED) is 0.465. The summed E-state index contributed by atoms with van der Waals surface area (Å²) >= 11 is 7.60. The largest absolute Gasteiger partial charge is 0.452 e. The summed E-state index contributed by atoms with van der Waals surface area (Å²) in [5.74, 6) is 0.558. The van der Waals surface area contributed by atoms with Gasteiger partial charge in [-0.2, -0.15) is 0 Å². The second kappa shape index (κ2) is 10.7. The van der Waals surface area contributed by atoms with Crippen molar-refractivity contribution in [2.24, 2.45) is 5.92 Å². The smallest absolute Gasteiger partial charge is 0.338 e. The van der Waals surface area contributed by atoms with Crippen LogP contribution in [0.2, 0.25) is 5.02 Å². The first kappa shape index (κ1) is 21.7. The maximum Gasteiger partial charge on any atom is 0.338 e. The highest BCUT2D eigenvalue weighted by atomic mass is 35.5. The van der Waals surface area contributed by atoms with Gasteiger partial charge in [-0.1, -0.05) is 43.5 Å². The van der Waals surface area contributed by atoms with Crippen LogP contribution in [0.15, 0.2) is 53.4 Å². The van der Waals surface area contributed by atoms with Gasteiger partial charge >= 0.3 is 5.97 Å². The molecule has 0 aliphatic heterocycles. The Balaban J connectivity index is 1.43. The third-order valence-corrected chi connectivity index (χ3v) is 6.54. The van der Waals surface area contributed by atoms with E-state index in [-0.39, 0.29) is 18.6 Å². The van der Waals surface area contributed by atoms with Gasteiger partial charge in [0, 0.05) is 21.7 Å². The van der Waals surface area contributed by atoms with E-state index in [4.69, 9.17) is 16.3 Å². The number of carbonyl (C=O) groups excluding carboxylic acids is 2. The first-order chi connectivity index (χ1) is 14.0. The van der Waals surface area contributed by atoms with E-state index >= 15 is 0 Å². The van der Waals surface area contributed by atoms with Crippen molar-refractivity contribution in [3.8, 4) is 0 Å². The summed E-state index contributed by atoms with van der Waals surface area (Å²) in [4.78, 5) is 25.4. The standard InChI is InChI=1S/C23H26ClNO3S/c1-16-4-2-3-5-21(16)25-22(26)14-28-23(27)18-8-6-17(7-9-18)15-29-20-12-10-19(24)11-13-20/h6-13,16,21H,2-5,14-15H2,1H3,(H,25,26)/t16-,21-/m1/s1. The molecule has 0 spiro atoms. The molecule has 0 radical (unpaired) electrons. The predicted octanol–water partition coefficient (Wildman–Crippen LogP) is 5.48. The highest BCUT2D eigenvalue weighted by Crippen LogP contribution is 2.25. The average Bonchev–Trinajstić information content (AvgIpc) is 2.74. The molecule has 2 aromatic carbocycles. The Morgan fingerprint density at radius 2 is 1.76 bits per heavy atom. The van der Waals surface area contributed by atoms with E-state index in [1.807, 2.05) is 36.4 Å². The normalized spacial score (nSPS) is 18.8. The van der Waals surface area contributed by atoms with E-state index in [1.54, 1.807) is 23.9 Å². The molecule has 6 heteroatoms. The van der Waals surface area contributed by atoms with Crippen LogP contribution in [0, 0.1) is 5.92 Å². The minimum absolute atomic E-state index is 0.187. The maximum atomic E-state index is 12.2. The van der Waals surface area contributed by atoms with Crippen molar-refractivity contribution in [2.45, 2.75) is 49.3 Å². The van der Waals surface area contributed by atoms with Gasteiger partial charge in [0.15, 0.2) is 6.61 Å². The molecule has 1 saturated carbocycles. The van der Waals surface area contributed by atoms with Crippen molar-refractivity contribution >= 4 is 35.2 Å². The lowest BCUT2D eigenvalue weighted by molar-refractivity contribution is -0.125.